The Morgan fingerprint density at radius 2 is 2.09 bits per heavy atom. The van der Waals surface area contributed by atoms with Gasteiger partial charge in [-0.3, -0.25) is 9.59 Å². The van der Waals surface area contributed by atoms with Crippen LogP contribution in [0.4, 0.5) is 4.79 Å². The molecule has 0 radical (unpaired) electrons. The number of hydrogen-bond donors (Lipinski definition) is 2. The lowest BCUT2D eigenvalue weighted by Gasteiger charge is -2.22. The highest BCUT2D eigenvalue weighted by Crippen LogP contribution is 2.11. The fourth-order valence-corrected chi connectivity index (χ4v) is 2.45. The third-order valence-corrected chi connectivity index (χ3v) is 3.87. The van der Waals surface area contributed by atoms with E-state index in [1.54, 1.807) is 14.0 Å². The minimum atomic E-state index is -0.917. The molecule has 0 aromatic heterocycles. The number of rotatable bonds is 7. The van der Waals surface area contributed by atoms with Crippen LogP contribution in [0.25, 0.3) is 0 Å². The lowest BCUT2D eigenvalue weighted by Crippen LogP contribution is -2.42. The summed E-state index contributed by atoms with van der Waals surface area (Å²) in [5.74, 6) is -1.30. The van der Waals surface area contributed by atoms with Crippen molar-refractivity contribution in [1.82, 2.24) is 15.1 Å². The van der Waals surface area contributed by atoms with Gasteiger partial charge in [0.05, 0.1) is 5.92 Å². The molecule has 1 aliphatic heterocycles. The number of carboxylic acid groups (broad SMARTS) is 1. The lowest BCUT2D eigenvalue weighted by molar-refractivity contribution is -0.141. The van der Waals surface area contributed by atoms with Crippen LogP contribution in [0.15, 0.2) is 0 Å². The van der Waals surface area contributed by atoms with Gasteiger partial charge in [-0.1, -0.05) is 13.3 Å². The number of carbonyl (C=O) groups excluding carboxylic acids is 2. The van der Waals surface area contributed by atoms with Gasteiger partial charge < -0.3 is 20.2 Å². The quantitative estimate of drug-likeness (QED) is 0.690. The minimum Gasteiger partial charge on any atom is -0.481 e. The predicted octanol–water partition coefficient (Wildman–Crippen LogP) is 1.14. The topological polar surface area (TPSA) is 90.0 Å². The Morgan fingerprint density at radius 1 is 1.36 bits per heavy atom. The summed E-state index contributed by atoms with van der Waals surface area (Å²) in [4.78, 5) is 37.6. The van der Waals surface area contributed by atoms with Crippen LogP contribution in [0.3, 0.4) is 0 Å². The molecule has 0 aromatic rings. The summed E-state index contributed by atoms with van der Waals surface area (Å²) < 4.78 is 0. The summed E-state index contributed by atoms with van der Waals surface area (Å²) in [5, 5.41) is 11.6. The molecule has 1 saturated heterocycles. The summed E-state index contributed by atoms with van der Waals surface area (Å²) in [7, 11) is 1.58. The molecule has 7 heteroatoms. The molecular weight excluding hydrogens is 286 g/mol. The van der Waals surface area contributed by atoms with Gasteiger partial charge in [0.25, 0.3) is 0 Å². The number of nitrogens with one attached hydrogen (secondary N) is 1. The average Bonchev–Trinajstić information content (AvgIpc) is 2.67. The van der Waals surface area contributed by atoms with Gasteiger partial charge in [-0.05, 0) is 19.3 Å². The first-order valence-corrected chi connectivity index (χ1v) is 7.91. The van der Waals surface area contributed by atoms with E-state index in [-0.39, 0.29) is 18.5 Å². The van der Waals surface area contributed by atoms with E-state index in [0.717, 1.165) is 25.8 Å². The van der Waals surface area contributed by atoms with Crippen LogP contribution >= 0.6 is 0 Å². The van der Waals surface area contributed by atoms with E-state index in [4.69, 9.17) is 5.11 Å². The maximum atomic E-state index is 11.8. The number of hydrogen-bond acceptors (Lipinski definition) is 3. The van der Waals surface area contributed by atoms with E-state index in [1.807, 2.05) is 4.90 Å². The van der Waals surface area contributed by atoms with Gasteiger partial charge in [-0.25, -0.2) is 4.79 Å². The van der Waals surface area contributed by atoms with Gasteiger partial charge in [0.2, 0.25) is 5.91 Å². The zero-order valence-corrected chi connectivity index (χ0v) is 13.5. The van der Waals surface area contributed by atoms with Crippen LogP contribution in [-0.2, 0) is 9.59 Å². The summed E-state index contributed by atoms with van der Waals surface area (Å²) in [6, 6.07) is -0.282. The number of aliphatic carboxylic acids is 1. The van der Waals surface area contributed by atoms with E-state index >= 15 is 0 Å². The molecule has 1 unspecified atom stereocenters. The molecule has 1 atom stereocenters. The third-order valence-electron chi connectivity index (χ3n) is 3.87. The highest BCUT2D eigenvalue weighted by molar-refractivity contribution is 5.76. The van der Waals surface area contributed by atoms with Crippen LogP contribution in [0.2, 0.25) is 0 Å². The smallest absolute Gasteiger partial charge is 0.317 e. The van der Waals surface area contributed by atoms with Gasteiger partial charge in [-0.15, -0.1) is 0 Å². The number of nitrogens with zero attached hydrogens (tertiary/aromatic N) is 2. The van der Waals surface area contributed by atoms with Crippen molar-refractivity contribution < 1.29 is 19.5 Å². The van der Waals surface area contributed by atoms with Gasteiger partial charge >= 0.3 is 12.0 Å². The Balaban J connectivity index is 2.21. The summed E-state index contributed by atoms with van der Waals surface area (Å²) in [6.45, 7) is 3.69. The molecular formula is C15H27N3O4. The number of carboxylic acids is 1. The Morgan fingerprint density at radius 3 is 2.77 bits per heavy atom. The van der Waals surface area contributed by atoms with Gasteiger partial charge in [0.15, 0.2) is 0 Å². The number of likely N-dealkylation sites (tertiary alicyclic amines) is 1. The SMILES string of the molecule is CC(CN(C)C(=O)NCCCN1CCCCCC1=O)C(=O)O. The third kappa shape index (κ3) is 6.32. The molecule has 1 rings (SSSR count). The first-order chi connectivity index (χ1) is 10.4. The molecule has 7 nitrogen and oxygen atoms in total. The maximum Gasteiger partial charge on any atom is 0.317 e. The molecule has 1 heterocycles. The van der Waals surface area contributed by atoms with Crippen molar-refractivity contribution in [3.63, 3.8) is 0 Å². The highest BCUT2D eigenvalue weighted by Gasteiger charge is 2.18. The van der Waals surface area contributed by atoms with Crippen molar-refractivity contribution in [2.24, 2.45) is 5.92 Å². The van der Waals surface area contributed by atoms with Crippen LogP contribution in [0, 0.1) is 5.92 Å². The molecule has 126 valence electrons. The Bertz CT molecular complexity index is 400. The second-order valence-corrected chi connectivity index (χ2v) is 5.90. The van der Waals surface area contributed by atoms with Gasteiger partial charge in [0.1, 0.15) is 0 Å². The van der Waals surface area contributed by atoms with Crippen LogP contribution in [0.1, 0.15) is 39.0 Å². The lowest BCUT2D eigenvalue weighted by atomic mass is 10.2. The van der Waals surface area contributed by atoms with Crippen molar-refractivity contribution in [3.8, 4) is 0 Å². The Labute approximate surface area is 131 Å². The van der Waals surface area contributed by atoms with E-state index in [2.05, 4.69) is 5.32 Å². The van der Waals surface area contributed by atoms with Crippen molar-refractivity contribution in [1.29, 1.82) is 0 Å². The summed E-state index contributed by atoms with van der Waals surface area (Å²) >= 11 is 0. The van der Waals surface area contributed by atoms with Gasteiger partial charge in [0, 0.05) is 39.6 Å². The summed E-state index contributed by atoms with van der Waals surface area (Å²) in [6.07, 6.45) is 4.46. The largest absolute Gasteiger partial charge is 0.481 e. The van der Waals surface area contributed by atoms with E-state index < -0.39 is 11.9 Å². The van der Waals surface area contributed by atoms with E-state index in [0.29, 0.717) is 25.9 Å². The number of urea groups is 1. The molecule has 3 amide bonds. The van der Waals surface area contributed by atoms with Crippen molar-refractivity contribution in [3.05, 3.63) is 0 Å². The number of amides is 3. The van der Waals surface area contributed by atoms with Crippen LogP contribution < -0.4 is 5.32 Å². The zero-order valence-electron chi connectivity index (χ0n) is 13.5. The molecule has 0 aliphatic carbocycles. The standard InChI is InChI=1S/C15H27N3O4/c1-12(14(20)21)11-17(2)15(22)16-8-6-10-18-9-5-3-4-7-13(18)19/h12H,3-11H2,1-2H3,(H,16,22)(H,20,21). The van der Waals surface area contributed by atoms with Crippen molar-refractivity contribution in [2.75, 3.05) is 33.2 Å². The highest BCUT2D eigenvalue weighted by atomic mass is 16.4. The first-order valence-electron chi connectivity index (χ1n) is 7.91. The molecule has 0 aromatic carbocycles. The molecule has 0 saturated carbocycles. The molecule has 2 N–H and O–H groups in total. The normalized spacial score (nSPS) is 16.8. The first kappa shape index (κ1) is 18.3. The molecule has 1 fully saturated rings. The minimum absolute atomic E-state index is 0.172. The van der Waals surface area contributed by atoms with Gasteiger partial charge in [-0.2, -0.15) is 0 Å². The van der Waals surface area contributed by atoms with Crippen molar-refractivity contribution >= 4 is 17.9 Å². The Hall–Kier alpha value is -1.79. The monoisotopic (exact) mass is 313 g/mol. The molecule has 0 bridgehead atoms. The molecule has 1 aliphatic rings. The maximum absolute atomic E-state index is 11.8. The van der Waals surface area contributed by atoms with Crippen LogP contribution in [0.5, 0.6) is 0 Å². The fourth-order valence-electron chi connectivity index (χ4n) is 2.45. The Kier molecular flexibility index (Phi) is 7.70. The second kappa shape index (κ2) is 9.27. The van der Waals surface area contributed by atoms with E-state index in [9.17, 15) is 14.4 Å². The zero-order chi connectivity index (χ0) is 16.5. The molecule has 0 spiro atoms. The second-order valence-electron chi connectivity index (χ2n) is 5.90. The fraction of sp³-hybridized carbons (Fsp3) is 0.800. The van der Waals surface area contributed by atoms with Crippen LogP contribution in [-0.4, -0.2) is 66.0 Å². The average molecular weight is 313 g/mol. The summed E-state index contributed by atoms with van der Waals surface area (Å²) in [5.41, 5.74) is 0. The van der Waals surface area contributed by atoms with E-state index in [1.165, 1.54) is 4.90 Å². The molecule has 22 heavy (non-hydrogen) atoms. The number of carbonyl (C=O) groups is 3. The predicted molar refractivity (Wildman–Crippen MR) is 82.5 cm³/mol. The van der Waals surface area contributed by atoms with Crippen molar-refractivity contribution in [2.45, 2.75) is 39.0 Å².